The van der Waals surface area contributed by atoms with Crippen molar-refractivity contribution in [2.75, 3.05) is 25.5 Å². The van der Waals surface area contributed by atoms with Crippen molar-refractivity contribution in [2.45, 2.75) is 6.54 Å². The van der Waals surface area contributed by atoms with E-state index in [0.717, 1.165) is 17.8 Å². The maximum Gasteiger partial charge on any atom is 0.0437 e. The van der Waals surface area contributed by atoms with E-state index in [1.165, 1.54) is 0 Å². The summed E-state index contributed by atoms with van der Waals surface area (Å²) in [7, 11) is 4.03. The van der Waals surface area contributed by atoms with Gasteiger partial charge in [-0.1, -0.05) is 18.2 Å². The molecule has 4 heteroatoms. The van der Waals surface area contributed by atoms with Gasteiger partial charge in [-0.2, -0.15) is 0 Å². The molecule has 1 heterocycles. The van der Waals surface area contributed by atoms with Gasteiger partial charge in [-0.15, -0.1) is 0 Å². The minimum atomic E-state index is 0.614. The molecule has 3 nitrogen and oxygen atoms in total. The van der Waals surface area contributed by atoms with E-state index in [2.05, 4.69) is 21.8 Å². The van der Waals surface area contributed by atoms with Crippen molar-refractivity contribution in [3.63, 3.8) is 0 Å². The number of nitrogens with zero attached hydrogens (tertiary/aromatic N) is 2. The van der Waals surface area contributed by atoms with Gasteiger partial charge in [0.05, 0.1) is 0 Å². The molecule has 0 saturated heterocycles. The summed E-state index contributed by atoms with van der Waals surface area (Å²) >= 11 is 5.66. The molecule has 1 N–H and O–H groups in total. The van der Waals surface area contributed by atoms with Gasteiger partial charge in [-0.05, 0) is 6.07 Å². The molecule has 0 atom stereocenters. The summed E-state index contributed by atoms with van der Waals surface area (Å²) in [6, 6.07) is 1.99. The van der Waals surface area contributed by atoms with Crippen LogP contribution < -0.4 is 10.2 Å². The van der Waals surface area contributed by atoms with Crippen molar-refractivity contribution in [1.29, 1.82) is 0 Å². The van der Waals surface area contributed by atoms with Crippen molar-refractivity contribution in [1.82, 2.24) is 10.3 Å². The Hall–Kier alpha value is -1.06. The Morgan fingerprint density at radius 2 is 2.33 bits per heavy atom. The zero-order valence-electron chi connectivity index (χ0n) is 9.13. The number of pyridine rings is 1. The van der Waals surface area contributed by atoms with Crippen molar-refractivity contribution < 1.29 is 0 Å². The first-order valence-corrected chi connectivity index (χ1v) is 5.13. The third kappa shape index (κ3) is 3.90. The van der Waals surface area contributed by atoms with Gasteiger partial charge in [-0.3, -0.25) is 4.98 Å². The Morgan fingerprint density at radius 3 is 2.93 bits per heavy atom. The lowest BCUT2D eigenvalue weighted by atomic mass is 10.2. The summed E-state index contributed by atoms with van der Waals surface area (Å²) in [5, 5.41) is 3.81. The fraction of sp³-hybridized carbons (Fsp3) is 0.364. The topological polar surface area (TPSA) is 28.2 Å². The number of hydrogen-bond acceptors (Lipinski definition) is 3. The highest BCUT2D eigenvalue weighted by molar-refractivity contribution is 6.29. The highest BCUT2D eigenvalue weighted by Crippen LogP contribution is 2.16. The minimum Gasteiger partial charge on any atom is -0.377 e. The van der Waals surface area contributed by atoms with E-state index < -0.39 is 0 Å². The van der Waals surface area contributed by atoms with Crippen molar-refractivity contribution in [2.24, 2.45) is 0 Å². The molecule has 0 aliphatic rings. The van der Waals surface area contributed by atoms with Gasteiger partial charge < -0.3 is 10.2 Å². The molecular formula is C11H16ClN3. The average molecular weight is 226 g/mol. The molecule has 0 spiro atoms. The largest absolute Gasteiger partial charge is 0.377 e. The summed E-state index contributed by atoms with van der Waals surface area (Å²) in [6.45, 7) is 4.98. The van der Waals surface area contributed by atoms with E-state index >= 15 is 0 Å². The molecule has 0 aliphatic heterocycles. The second-order valence-corrected chi connectivity index (χ2v) is 4.05. The van der Waals surface area contributed by atoms with Crippen LogP contribution in [0.2, 0.25) is 0 Å². The molecule has 1 rings (SSSR count). The highest BCUT2D eigenvalue weighted by atomic mass is 35.5. The molecule has 1 aromatic heterocycles. The third-order valence-electron chi connectivity index (χ3n) is 1.99. The molecule has 0 amide bonds. The van der Waals surface area contributed by atoms with Crippen molar-refractivity contribution >= 4 is 17.3 Å². The van der Waals surface area contributed by atoms with Gasteiger partial charge in [0, 0.05) is 55.9 Å². The van der Waals surface area contributed by atoms with Crippen LogP contribution in [0.4, 0.5) is 5.69 Å². The van der Waals surface area contributed by atoms with Crippen LogP contribution in [0.1, 0.15) is 5.56 Å². The standard InChI is InChI=1S/C11H16ClN3/c1-9(12)6-14-8-10-7-13-5-4-11(10)15(2)3/h4-5,7,14H,1,6,8H2,2-3H3. The van der Waals surface area contributed by atoms with Crippen LogP contribution >= 0.6 is 11.6 Å². The highest BCUT2D eigenvalue weighted by Gasteiger charge is 2.03. The van der Waals surface area contributed by atoms with Crippen LogP contribution in [0.5, 0.6) is 0 Å². The lowest BCUT2D eigenvalue weighted by Gasteiger charge is -2.16. The zero-order chi connectivity index (χ0) is 11.3. The Kier molecular flexibility index (Phi) is 4.59. The first kappa shape index (κ1) is 12.0. The van der Waals surface area contributed by atoms with E-state index in [1.54, 1.807) is 6.20 Å². The van der Waals surface area contributed by atoms with Crippen molar-refractivity contribution in [3.05, 3.63) is 35.6 Å². The van der Waals surface area contributed by atoms with E-state index in [9.17, 15) is 0 Å². The predicted octanol–water partition coefficient (Wildman–Crippen LogP) is 1.99. The molecule has 0 radical (unpaired) electrons. The quantitative estimate of drug-likeness (QED) is 0.831. The molecule has 0 aliphatic carbocycles. The molecule has 0 fully saturated rings. The van der Waals surface area contributed by atoms with Crippen LogP contribution in [0.3, 0.4) is 0 Å². The average Bonchev–Trinajstić information content (AvgIpc) is 2.17. The Balaban J connectivity index is 2.63. The van der Waals surface area contributed by atoms with E-state index in [-0.39, 0.29) is 0 Å². The van der Waals surface area contributed by atoms with Gasteiger partial charge in [-0.25, -0.2) is 0 Å². The second kappa shape index (κ2) is 5.73. The number of aromatic nitrogens is 1. The second-order valence-electron chi connectivity index (χ2n) is 3.52. The normalized spacial score (nSPS) is 10.1. The number of nitrogens with one attached hydrogen (secondary N) is 1. The third-order valence-corrected chi connectivity index (χ3v) is 2.13. The Bertz CT molecular complexity index is 336. The summed E-state index contributed by atoms with van der Waals surface area (Å²) in [4.78, 5) is 6.17. The van der Waals surface area contributed by atoms with E-state index in [4.69, 9.17) is 11.6 Å². The Morgan fingerprint density at radius 1 is 1.60 bits per heavy atom. The first-order valence-electron chi connectivity index (χ1n) is 4.75. The maximum absolute atomic E-state index is 5.66. The summed E-state index contributed by atoms with van der Waals surface area (Å²) < 4.78 is 0. The number of anilines is 1. The van der Waals surface area contributed by atoms with Gasteiger partial charge >= 0.3 is 0 Å². The van der Waals surface area contributed by atoms with Gasteiger partial charge in [0.25, 0.3) is 0 Å². The van der Waals surface area contributed by atoms with Gasteiger partial charge in [0.1, 0.15) is 0 Å². The molecule has 15 heavy (non-hydrogen) atoms. The summed E-state index contributed by atoms with van der Waals surface area (Å²) in [5.41, 5.74) is 2.32. The molecule has 0 bridgehead atoms. The Labute approximate surface area is 95.8 Å². The zero-order valence-corrected chi connectivity index (χ0v) is 9.88. The molecule has 82 valence electrons. The van der Waals surface area contributed by atoms with Crippen LogP contribution in [0.15, 0.2) is 30.1 Å². The van der Waals surface area contributed by atoms with Crippen molar-refractivity contribution in [3.8, 4) is 0 Å². The first-order chi connectivity index (χ1) is 7.11. The molecule has 0 aromatic carbocycles. The smallest absolute Gasteiger partial charge is 0.0437 e. The fourth-order valence-electron chi connectivity index (χ4n) is 1.33. The molecular weight excluding hydrogens is 210 g/mol. The molecule has 0 unspecified atom stereocenters. The fourth-order valence-corrected chi connectivity index (χ4v) is 1.42. The number of rotatable bonds is 5. The van der Waals surface area contributed by atoms with Gasteiger partial charge in [0.2, 0.25) is 0 Å². The van der Waals surface area contributed by atoms with Crippen LogP contribution in [-0.2, 0) is 6.54 Å². The summed E-state index contributed by atoms with van der Waals surface area (Å²) in [6.07, 6.45) is 3.65. The summed E-state index contributed by atoms with van der Waals surface area (Å²) in [5.74, 6) is 0. The lowest BCUT2D eigenvalue weighted by molar-refractivity contribution is 0.750. The van der Waals surface area contributed by atoms with Gasteiger partial charge in [0.15, 0.2) is 0 Å². The monoisotopic (exact) mass is 225 g/mol. The SMILES string of the molecule is C=C(Cl)CNCc1cnccc1N(C)C. The predicted molar refractivity (Wildman–Crippen MR) is 65.3 cm³/mol. The number of halogens is 1. The molecule has 1 aromatic rings. The number of hydrogen-bond donors (Lipinski definition) is 1. The maximum atomic E-state index is 5.66. The van der Waals surface area contributed by atoms with E-state index in [1.807, 2.05) is 26.4 Å². The lowest BCUT2D eigenvalue weighted by Crippen LogP contribution is -2.18. The van der Waals surface area contributed by atoms with Crippen LogP contribution in [-0.4, -0.2) is 25.6 Å². The molecule has 0 saturated carbocycles. The minimum absolute atomic E-state index is 0.614. The van der Waals surface area contributed by atoms with Crippen LogP contribution in [0.25, 0.3) is 0 Å². The van der Waals surface area contributed by atoms with E-state index in [0.29, 0.717) is 11.6 Å². The van der Waals surface area contributed by atoms with Crippen LogP contribution in [0, 0.1) is 0 Å².